The minimum atomic E-state index is -4.34. The number of rotatable bonds is 4. The van der Waals surface area contributed by atoms with Gasteiger partial charge in [0, 0.05) is 6.20 Å². The van der Waals surface area contributed by atoms with Gasteiger partial charge < -0.3 is 9.73 Å². The third-order valence-corrected chi connectivity index (χ3v) is 3.32. The van der Waals surface area contributed by atoms with Crippen LogP contribution in [0.1, 0.15) is 0 Å². The average molecular weight is 349 g/mol. The van der Waals surface area contributed by atoms with E-state index in [1.807, 2.05) is 0 Å². The minimum absolute atomic E-state index is 0.358. The van der Waals surface area contributed by atoms with Crippen molar-refractivity contribution in [1.29, 1.82) is 0 Å². The molecule has 11 heteroatoms. The van der Waals surface area contributed by atoms with Crippen molar-refractivity contribution in [3.05, 3.63) is 37.2 Å². The summed E-state index contributed by atoms with van der Waals surface area (Å²) in [6.07, 6.45) is 2.70. The fourth-order valence-corrected chi connectivity index (χ4v) is 2.29. The Morgan fingerprint density at radius 3 is 2.88 bits per heavy atom. The van der Waals surface area contributed by atoms with Gasteiger partial charge in [0.15, 0.2) is 11.6 Å². The lowest BCUT2D eigenvalue weighted by Crippen LogP contribution is -2.17. The van der Waals surface area contributed by atoms with E-state index in [0.29, 0.717) is 33.9 Å². The molecule has 0 spiro atoms. The second-order valence-electron chi connectivity index (χ2n) is 5.20. The first-order valence-corrected chi connectivity index (χ1v) is 7.08. The van der Waals surface area contributed by atoms with Gasteiger partial charge in [-0.2, -0.15) is 23.4 Å². The van der Waals surface area contributed by atoms with Crippen molar-refractivity contribution in [1.82, 2.24) is 29.9 Å². The fourth-order valence-electron chi connectivity index (χ4n) is 2.29. The number of hydrogen-bond acceptors (Lipinski definition) is 6. The highest BCUT2D eigenvalue weighted by Crippen LogP contribution is 2.26. The molecule has 0 aromatic carbocycles. The third-order valence-electron chi connectivity index (χ3n) is 3.32. The van der Waals surface area contributed by atoms with Crippen LogP contribution < -0.4 is 5.32 Å². The highest BCUT2D eigenvalue weighted by Gasteiger charge is 2.28. The molecular weight excluding hydrogens is 339 g/mol. The lowest BCUT2D eigenvalue weighted by atomic mass is 10.3. The third kappa shape index (κ3) is 3.16. The summed E-state index contributed by atoms with van der Waals surface area (Å²) in [7, 11) is 0. The molecule has 4 aromatic rings. The number of H-pyrrole nitrogens is 1. The molecule has 4 rings (SSSR count). The predicted octanol–water partition coefficient (Wildman–Crippen LogP) is 3.12. The number of aromatic amines is 1. The monoisotopic (exact) mass is 349 g/mol. The molecular formula is C14H10F3N7O. The molecule has 0 radical (unpaired) electrons. The van der Waals surface area contributed by atoms with Crippen LogP contribution in [-0.2, 0) is 6.54 Å². The van der Waals surface area contributed by atoms with Crippen molar-refractivity contribution < 1.29 is 17.6 Å². The van der Waals surface area contributed by atoms with Gasteiger partial charge in [0.05, 0.1) is 29.9 Å². The lowest BCUT2D eigenvalue weighted by Gasteiger charge is -2.06. The first-order chi connectivity index (χ1) is 12.0. The number of hydrogen-bond donors (Lipinski definition) is 2. The smallest absolute Gasteiger partial charge is 0.408 e. The van der Waals surface area contributed by atoms with Gasteiger partial charge in [-0.3, -0.25) is 9.78 Å². The zero-order valence-electron chi connectivity index (χ0n) is 12.4. The Morgan fingerprint density at radius 2 is 2.12 bits per heavy atom. The Morgan fingerprint density at radius 1 is 1.24 bits per heavy atom. The summed E-state index contributed by atoms with van der Waals surface area (Å²) in [6.45, 7) is -1.17. The maximum atomic E-state index is 12.4. The van der Waals surface area contributed by atoms with Crippen molar-refractivity contribution in [3.63, 3.8) is 0 Å². The zero-order chi connectivity index (χ0) is 17.4. The molecule has 4 aromatic heterocycles. The molecule has 4 heterocycles. The van der Waals surface area contributed by atoms with E-state index in [1.54, 1.807) is 6.07 Å². The number of nitrogens with zero attached hydrogens (tertiary/aromatic N) is 5. The number of fused-ring (bicyclic) bond motifs is 1. The van der Waals surface area contributed by atoms with Gasteiger partial charge in [0.2, 0.25) is 0 Å². The fraction of sp³-hybridized carbons (Fsp3) is 0.143. The predicted molar refractivity (Wildman–Crippen MR) is 81.0 cm³/mol. The van der Waals surface area contributed by atoms with Crippen LogP contribution in [0.4, 0.5) is 24.7 Å². The molecule has 0 aliphatic carbocycles. The summed E-state index contributed by atoms with van der Waals surface area (Å²) < 4.78 is 43.1. The standard InChI is InChI=1S/C14H10F3N7O/c15-14(16,17)7-24-5-9(3-19-24)20-13-11-10(4-18-23-11)21-12(22-13)8-1-2-25-6-8/h1-6H,7H2,(H,18,23)(H,20,21,22). The highest BCUT2D eigenvalue weighted by atomic mass is 19.4. The maximum Gasteiger partial charge on any atom is 0.408 e. The van der Waals surface area contributed by atoms with Crippen LogP contribution in [0, 0.1) is 0 Å². The van der Waals surface area contributed by atoms with Crippen LogP contribution in [0.5, 0.6) is 0 Å². The highest BCUT2D eigenvalue weighted by molar-refractivity contribution is 5.88. The van der Waals surface area contributed by atoms with Crippen LogP contribution in [0.25, 0.3) is 22.4 Å². The molecule has 25 heavy (non-hydrogen) atoms. The first-order valence-electron chi connectivity index (χ1n) is 7.08. The van der Waals surface area contributed by atoms with Crippen LogP contribution in [0.3, 0.4) is 0 Å². The quantitative estimate of drug-likeness (QED) is 0.587. The van der Waals surface area contributed by atoms with Crippen molar-refractivity contribution >= 4 is 22.5 Å². The molecule has 2 N–H and O–H groups in total. The number of alkyl halides is 3. The largest absolute Gasteiger partial charge is 0.472 e. The van der Waals surface area contributed by atoms with E-state index in [0.717, 1.165) is 4.68 Å². The molecule has 0 unspecified atom stereocenters. The Labute approximate surface area is 137 Å². The summed E-state index contributed by atoms with van der Waals surface area (Å²) in [5.74, 6) is 0.762. The Hall–Kier alpha value is -3.37. The van der Waals surface area contributed by atoms with Gasteiger partial charge in [-0.25, -0.2) is 9.97 Å². The van der Waals surface area contributed by atoms with Crippen LogP contribution in [-0.4, -0.2) is 36.1 Å². The van der Waals surface area contributed by atoms with E-state index in [-0.39, 0.29) is 0 Å². The van der Waals surface area contributed by atoms with Gasteiger partial charge in [0.25, 0.3) is 0 Å². The zero-order valence-corrected chi connectivity index (χ0v) is 12.4. The molecule has 0 atom stereocenters. The van der Waals surface area contributed by atoms with E-state index < -0.39 is 12.7 Å². The van der Waals surface area contributed by atoms with Crippen LogP contribution in [0.2, 0.25) is 0 Å². The second-order valence-corrected chi connectivity index (χ2v) is 5.20. The summed E-state index contributed by atoms with van der Waals surface area (Å²) in [4.78, 5) is 8.74. The van der Waals surface area contributed by atoms with Gasteiger partial charge in [-0.1, -0.05) is 0 Å². The Kier molecular flexibility index (Phi) is 3.41. The number of nitrogens with one attached hydrogen (secondary N) is 2. The minimum Gasteiger partial charge on any atom is -0.472 e. The van der Waals surface area contributed by atoms with E-state index in [4.69, 9.17) is 4.42 Å². The van der Waals surface area contributed by atoms with E-state index in [1.165, 1.54) is 31.1 Å². The van der Waals surface area contributed by atoms with Crippen molar-refractivity contribution in [2.45, 2.75) is 12.7 Å². The van der Waals surface area contributed by atoms with Crippen molar-refractivity contribution in [2.75, 3.05) is 5.32 Å². The van der Waals surface area contributed by atoms with Gasteiger partial charge in [-0.15, -0.1) is 0 Å². The molecule has 0 saturated carbocycles. The van der Waals surface area contributed by atoms with E-state index in [2.05, 4.69) is 30.6 Å². The summed E-state index contributed by atoms with van der Waals surface area (Å²) in [5.41, 5.74) is 2.10. The molecule has 0 saturated heterocycles. The van der Waals surface area contributed by atoms with Crippen molar-refractivity contribution in [2.24, 2.45) is 0 Å². The molecule has 0 amide bonds. The summed E-state index contributed by atoms with van der Waals surface area (Å²) in [5, 5.41) is 13.3. The van der Waals surface area contributed by atoms with Crippen LogP contribution in [0.15, 0.2) is 41.6 Å². The Balaban J connectivity index is 1.68. The molecule has 128 valence electrons. The van der Waals surface area contributed by atoms with Crippen molar-refractivity contribution in [3.8, 4) is 11.4 Å². The van der Waals surface area contributed by atoms with Gasteiger partial charge in [0.1, 0.15) is 23.8 Å². The molecule has 0 bridgehead atoms. The number of furan rings is 1. The first kappa shape index (κ1) is 15.2. The number of aromatic nitrogens is 6. The topological polar surface area (TPSA) is 97.5 Å². The maximum absolute atomic E-state index is 12.4. The van der Waals surface area contributed by atoms with Gasteiger partial charge >= 0.3 is 6.18 Å². The number of halogens is 3. The average Bonchev–Trinajstić information content (AvgIpc) is 3.26. The molecule has 0 aliphatic heterocycles. The molecule has 0 aliphatic rings. The second kappa shape index (κ2) is 5.61. The summed E-state index contributed by atoms with van der Waals surface area (Å²) in [6, 6.07) is 1.70. The van der Waals surface area contributed by atoms with Crippen LogP contribution >= 0.6 is 0 Å². The lowest BCUT2D eigenvalue weighted by molar-refractivity contribution is -0.142. The number of anilines is 2. The Bertz CT molecular complexity index is 1000. The van der Waals surface area contributed by atoms with Gasteiger partial charge in [-0.05, 0) is 6.07 Å². The van der Waals surface area contributed by atoms with E-state index in [9.17, 15) is 13.2 Å². The van der Waals surface area contributed by atoms with E-state index >= 15 is 0 Å². The molecule has 0 fully saturated rings. The molecule has 8 nitrogen and oxygen atoms in total. The normalized spacial score (nSPS) is 12.0. The summed E-state index contributed by atoms with van der Waals surface area (Å²) >= 11 is 0. The SMILES string of the molecule is FC(F)(F)Cn1cc(Nc2nc(-c3ccoc3)nc3cn[nH]c23)cn1.